The Hall–Kier alpha value is -1.88. The van der Waals surface area contributed by atoms with Crippen molar-refractivity contribution in [1.29, 1.82) is 0 Å². The van der Waals surface area contributed by atoms with Crippen LogP contribution in [-0.2, 0) is 4.79 Å². The van der Waals surface area contributed by atoms with Crippen LogP contribution >= 0.6 is 0 Å². The van der Waals surface area contributed by atoms with Gasteiger partial charge >= 0.3 is 0 Å². The number of amides is 1. The van der Waals surface area contributed by atoms with Gasteiger partial charge in [0.2, 0.25) is 5.91 Å². The summed E-state index contributed by atoms with van der Waals surface area (Å²) in [5.41, 5.74) is 7.64. The van der Waals surface area contributed by atoms with E-state index in [1.807, 2.05) is 18.2 Å². The van der Waals surface area contributed by atoms with Crippen molar-refractivity contribution in [3.8, 4) is 0 Å². The van der Waals surface area contributed by atoms with Gasteiger partial charge in [-0.3, -0.25) is 9.89 Å². The predicted octanol–water partition coefficient (Wildman–Crippen LogP) is 1.63. The molecule has 1 saturated carbocycles. The Kier molecular flexibility index (Phi) is 2.76. The molecular weight excluding hydrogens is 228 g/mol. The molecule has 2 aromatic rings. The number of aromatic nitrogens is 2. The Morgan fingerprint density at radius 2 is 2.33 bits per heavy atom. The summed E-state index contributed by atoms with van der Waals surface area (Å²) in [6.07, 6.45) is 4.63. The first-order chi connectivity index (χ1) is 8.74. The zero-order chi connectivity index (χ0) is 12.5. The zero-order valence-electron chi connectivity index (χ0n) is 10.0. The molecule has 1 aromatic heterocycles. The number of nitrogens with zero attached hydrogens (tertiary/aromatic N) is 1. The van der Waals surface area contributed by atoms with Gasteiger partial charge in [-0.25, -0.2) is 0 Å². The second-order valence-electron chi connectivity index (χ2n) is 4.86. The number of benzene rings is 1. The highest BCUT2D eigenvalue weighted by atomic mass is 16.1. The SMILES string of the molecule is NC1CCCC1C(=O)Nc1ccc2cn[nH]c2c1. The third-order valence-electron chi connectivity index (χ3n) is 3.62. The number of carbonyl (C=O) groups is 1. The van der Waals surface area contributed by atoms with Crippen LogP contribution < -0.4 is 11.1 Å². The number of nitrogens with one attached hydrogen (secondary N) is 2. The van der Waals surface area contributed by atoms with Gasteiger partial charge in [-0.2, -0.15) is 5.10 Å². The van der Waals surface area contributed by atoms with Crippen molar-refractivity contribution < 1.29 is 4.79 Å². The van der Waals surface area contributed by atoms with Crippen LogP contribution in [-0.4, -0.2) is 22.1 Å². The van der Waals surface area contributed by atoms with Crippen molar-refractivity contribution in [3.63, 3.8) is 0 Å². The van der Waals surface area contributed by atoms with E-state index in [0.29, 0.717) is 0 Å². The Balaban J connectivity index is 1.77. The fourth-order valence-corrected chi connectivity index (χ4v) is 2.56. The molecule has 1 aliphatic rings. The molecule has 0 radical (unpaired) electrons. The summed E-state index contributed by atoms with van der Waals surface area (Å²) < 4.78 is 0. The molecule has 3 rings (SSSR count). The summed E-state index contributed by atoms with van der Waals surface area (Å²) in [6, 6.07) is 5.71. The number of hydrogen-bond acceptors (Lipinski definition) is 3. The molecule has 0 aliphatic heterocycles. The van der Waals surface area contributed by atoms with Crippen LogP contribution in [0.25, 0.3) is 10.9 Å². The van der Waals surface area contributed by atoms with Gasteiger partial charge in [-0.1, -0.05) is 6.42 Å². The normalized spacial score (nSPS) is 23.4. The third kappa shape index (κ3) is 1.97. The first-order valence-corrected chi connectivity index (χ1v) is 6.23. The smallest absolute Gasteiger partial charge is 0.229 e. The number of rotatable bonds is 2. The summed E-state index contributed by atoms with van der Waals surface area (Å²) in [7, 11) is 0. The van der Waals surface area contributed by atoms with Crippen LogP contribution in [0, 0.1) is 5.92 Å². The molecule has 5 nitrogen and oxygen atoms in total. The maximum absolute atomic E-state index is 12.1. The quantitative estimate of drug-likeness (QED) is 0.750. The van der Waals surface area contributed by atoms with Crippen LogP contribution in [0.15, 0.2) is 24.4 Å². The number of carbonyl (C=O) groups excluding carboxylic acids is 1. The fraction of sp³-hybridized carbons (Fsp3) is 0.385. The highest BCUT2D eigenvalue weighted by Gasteiger charge is 2.30. The number of hydrogen-bond donors (Lipinski definition) is 3. The molecule has 2 atom stereocenters. The average Bonchev–Trinajstić information content (AvgIpc) is 2.96. The first-order valence-electron chi connectivity index (χ1n) is 6.23. The molecule has 1 amide bonds. The van der Waals surface area contributed by atoms with Crippen molar-refractivity contribution in [1.82, 2.24) is 10.2 Å². The van der Waals surface area contributed by atoms with E-state index in [1.165, 1.54) is 0 Å². The van der Waals surface area contributed by atoms with Crippen molar-refractivity contribution in [2.75, 3.05) is 5.32 Å². The lowest BCUT2D eigenvalue weighted by Gasteiger charge is -2.15. The van der Waals surface area contributed by atoms with Crippen LogP contribution in [0.1, 0.15) is 19.3 Å². The highest BCUT2D eigenvalue weighted by Crippen LogP contribution is 2.26. The van der Waals surface area contributed by atoms with E-state index >= 15 is 0 Å². The largest absolute Gasteiger partial charge is 0.327 e. The van der Waals surface area contributed by atoms with E-state index < -0.39 is 0 Å². The molecule has 0 spiro atoms. The van der Waals surface area contributed by atoms with Crippen molar-refractivity contribution >= 4 is 22.5 Å². The molecule has 4 N–H and O–H groups in total. The first kappa shape index (κ1) is 11.2. The summed E-state index contributed by atoms with van der Waals surface area (Å²) in [5, 5.41) is 10.8. The molecule has 94 valence electrons. The molecule has 1 aromatic carbocycles. The van der Waals surface area contributed by atoms with Crippen LogP contribution in [0.2, 0.25) is 0 Å². The topological polar surface area (TPSA) is 83.8 Å². The minimum absolute atomic E-state index is 0.000820. The molecular formula is C13H16N4O. The molecule has 1 aliphatic carbocycles. The summed E-state index contributed by atoms with van der Waals surface area (Å²) in [5.74, 6) is -0.0265. The van der Waals surface area contributed by atoms with Crippen LogP contribution in [0.5, 0.6) is 0 Å². The van der Waals surface area contributed by atoms with Crippen molar-refractivity contribution in [2.45, 2.75) is 25.3 Å². The minimum atomic E-state index is -0.0533. The van der Waals surface area contributed by atoms with Gasteiger partial charge in [0.25, 0.3) is 0 Å². The number of anilines is 1. The maximum atomic E-state index is 12.1. The number of aromatic amines is 1. The second kappa shape index (κ2) is 4.42. The molecule has 1 heterocycles. The summed E-state index contributed by atoms with van der Waals surface area (Å²) in [6.45, 7) is 0. The molecule has 0 saturated heterocycles. The Labute approximate surface area is 105 Å². The van der Waals surface area contributed by atoms with Gasteiger partial charge in [-0.05, 0) is 31.0 Å². The Morgan fingerprint density at radius 3 is 3.11 bits per heavy atom. The lowest BCUT2D eigenvalue weighted by atomic mass is 10.0. The minimum Gasteiger partial charge on any atom is -0.327 e. The Bertz CT molecular complexity index is 577. The zero-order valence-corrected chi connectivity index (χ0v) is 10.0. The van der Waals surface area contributed by atoms with E-state index in [1.54, 1.807) is 6.20 Å². The molecule has 1 fully saturated rings. The van der Waals surface area contributed by atoms with Gasteiger partial charge in [-0.15, -0.1) is 0 Å². The molecule has 0 bridgehead atoms. The molecule has 18 heavy (non-hydrogen) atoms. The van der Waals surface area contributed by atoms with Crippen molar-refractivity contribution in [3.05, 3.63) is 24.4 Å². The number of fused-ring (bicyclic) bond motifs is 1. The summed E-state index contributed by atoms with van der Waals surface area (Å²) >= 11 is 0. The highest BCUT2D eigenvalue weighted by molar-refractivity contribution is 5.95. The van der Waals surface area contributed by atoms with E-state index in [-0.39, 0.29) is 17.9 Å². The average molecular weight is 244 g/mol. The number of nitrogens with two attached hydrogens (primary N) is 1. The molecule has 5 heteroatoms. The monoisotopic (exact) mass is 244 g/mol. The van der Waals surface area contributed by atoms with E-state index in [2.05, 4.69) is 15.5 Å². The third-order valence-corrected chi connectivity index (χ3v) is 3.62. The number of H-pyrrole nitrogens is 1. The van der Waals surface area contributed by atoms with Gasteiger partial charge in [0.15, 0.2) is 0 Å². The van der Waals surface area contributed by atoms with Gasteiger partial charge in [0.1, 0.15) is 0 Å². The van der Waals surface area contributed by atoms with Gasteiger partial charge in [0.05, 0.1) is 17.6 Å². The lowest BCUT2D eigenvalue weighted by Crippen LogP contribution is -2.34. The predicted molar refractivity (Wildman–Crippen MR) is 70.0 cm³/mol. The Morgan fingerprint density at radius 1 is 1.44 bits per heavy atom. The second-order valence-corrected chi connectivity index (χ2v) is 4.86. The van der Waals surface area contributed by atoms with E-state index in [0.717, 1.165) is 35.9 Å². The van der Waals surface area contributed by atoms with Crippen molar-refractivity contribution in [2.24, 2.45) is 11.7 Å². The standard InChI is InChI=1S/C13H16N4O/c14-11-3-1-2-10(11)13(18)16-9-5-4-8-7-15-17-12(8)6-9/h4-7,10-11H,1-3,14H2,(H,15,17)(H,16,18). The van der Waals surface area contributed by atoms with Gasteiger partial charge in [0, 0.05) is 17.1 Å². The van der Waals surface area contributed by atoms with E-state index in [4.69, 9.17) is 5.73 Å². The van der Waals surface area contributed by atoms with Gasteiger partial charge < -0.3 is 11.1 Å². The lowest BCUT2D eigenvalue weighted by molar-refractivity contribution is -0.120. The van der Waals surface area contributed by atoms with Crippen LogP contribution in [0.3, 0.4) is 0 Å². The fourth-order valence-electron chi connectivity index (χ4n) is 2.56. The maximum Gasteiger partial charge on any atom is 0.229 e. The molecule has 2 unspecified atom stereocenters. The van der Waals surface area contributed by atoms with E-state index in [9.17, 15) is 4.79 Å². The summed E-state index contributed by atoms with van der Waals surface area (Å²) in [4.78, 5) is 12.1. The van der Waals surface area contributed by atoms with Crippen LogP contribution in [0.4, 0.5) is 5.69 Å².